The molecule has 5 rings (SSSR count). The minimum absolute atomic E-state index is 0.0461. The maximum atomic E-state index is 13.3. The molecule has 3 aromatic carbocycles. The Morgan fingerprint density at radius 3 is 2.19 bits per heavy atom. The van der Waals surface area contributed by atoms with Crippen LogP contribution in [0.2, 0.25) is 0 Å². The van der Waals surface area contributed by atoms with E-state index in [0.29, 0.717) is 58.0 Å². The third-order valence-corrected chi connectivity index (χ3v) is 6.34. The molecule has 0 unspecified atom stereocenters. The lowest BCUT2D eigenvalue weighted by Gasteiger charge is -2.17. The average Bonchev–Trinajstić information content (AvgIpc) is 2.97. The number of anilines is 2. The summed E-state index contributed by atoms with van der Waals surface area (Å²) < 4.78 is 85.8. The van der Waals surface area contributed by atoms with Gasteiger partial charge in [-0.05, 0) is 54.7 Å². The van der Waals surface area contributed by atoms with Gasteiger partial charge in [-0.3, -0.25) is 0 Å². The lowest BCUT2D eigenvalue weighted by Crippen LogP contribution is -2.20. The molecular formula is C29H20F6N6OS. The number of fused-ring (bicyclic) bond motifs is 1. The van der Waals surface area contributed by atoms with E-state index >= 15 is 0 Å². The highest BCUT2D eigenvalue weighted by Crippen LogP contribution is 2.39. The molecule has 0 aliphatic carbocycles. The van der Waals surface area contributed by atoms with Gasteiger partial charge in [0.15, 0.2) is 10.9 Å². The Kier molecular flexibility index (Phi) is 8.13. The number of aryl methyl sites for hydroxylation is 1. The molecule has 0 spiro atoms. The molecule has 0 radical (unpaired) electrons. The van der Waals surface area contributed by atoms with Gasteiger partial charge in [-0.15, -0.1) is 0 Å². The number of halogens is 6. The molecule has 0 saturated heterocycles. The van der Waals surface area contributed by atoms with Crippen LogP contribution in [-0.2, 0) is 18.8 Å². The normalized spacial score (nSPS) is 11.8. The number of aromatic nitrogens is 4. The average molecular weight is 615 g/mol. The number of nitrogens with one attached hydrogen (secondary N) is 2. The first-order valence-corrected chi connectivity index (χ1v) is 13.0. The summed E-state index contributed by atoms with van der Waals surface area (Å²) >= 11 is 5.24. The molecule has 0 atom stereocenters. The summed E-state index contributed by atoms with van der Waals surface area (Å²) in [5.74, 6) is 1.64. The van der Waals surface area contributed by atoms with Gasteiger partial charge < -0.3 is 15.4 Å². The lowest BCUT2D eigenvalue weighted by molar-refractivity contribution is -0.143. The number of ether oxygens (including phenoxy) is 1. The van der Waals surface area contributed by atoms with Crippen LogP contribution in [0.5, 0.6) is 11.6 Å². The largest absolute Gasteiger partial charge is 0.438 e. The first-order valence-electron chi connectivity index (χ1n) is 12.6. The Labute approximate surface area is 246 Å². The number of pyridine rings is 1. The Morgan fingerprint density at radius 2 is 1.51 bits per heavy atom. The van der Waals surface area contributed by atoms with Crippen molar-refractivity contribution >= 4 is 39.5 Å². The van der Waals surface area contributed by atoms with Crippen LogP contribution in [-0.4, -0.2) is 25.0 Å². The van der Waals surface area contributed by atoms with Gasteiger partial charge in [-0.25, -0.2) is 19.9 Å². The quantitative estimate of drug-likeness (QED) is 0.146. The molecule has 0 bridgehead atoms. The zero-order chi connectivity index (χ0) is 30.8. The van der Waals surface area contributed by atoms with Crippen molar-refractivity contribution in [3.8, 4) is 23.0 Å². The summed E-state index contributed by atoms with van der Waals surface area (Å²) in [6.45, 7) is 1.92. The molecule has 0 saturated carbocycles. The summed E-state index contributed by atoms with van der Waals surface area (Å²) in [5.41, 5.74) is -2.44. The molecule has 14 heteroatoms. The van der Waals surface area contributed by atoms with E-state index in [1.165, 1.54) is 6.33 Å². The summed E-state index contributed by atoms with van der Waals surface area (Å²) in [4.78, 5) is 17.2. The highest BCUT2D eigenvalue weighted by atomic mass is 32.1. The first kappa shape index (κ1) is 29.6. The number of rotatable bonds is 6. The van der Waals surface area contributed by atoms with Crippen molar-refractivity contribution in [1.29, 1.82) is 0 Å². The second-order valence-electron chi connectivity index (χ2n) is 9.07. The molecule has 43 heavy (non-hydrogen) atoms. The van der Waals surface area contributed by atoms with Crippen molar-refractivity contribution in [3.05, 3.63) is 96.2 Å². The van der Waals surface area contributed by atoms with Gasteiger partial charge in [0.1, 0.15) is 17.9 Å². The molecule has 2 N–H and O–H groups in total. The molecule has 0 aliphatic rings. The van der Waals surface area contributed by atoms with Crippen LogP contribution >= 0.6 is 12.2 Å². The van der Waals surface area contributed by atoms with Gasteiger partial charge in [0.2, 0.25) is 5.88 Å². The third-order valence-electron chi connectivity index (χ3n) is 6.13. The SMILES string of the molecule is CCc1ncnc(-c2cccnc2Oc2ccc(NC(=S)Nc3cc(C(F)(F)F)cc(C(F)(F)F)c3)c3ccccc23)n1. The van der Waals surface area contributed by atoms with Crippen molar-refractivity contribution in [2.45, 2.75) is 25.7 Å². The maximum Gasteiger partial charge on any atom is 0.416 e. The standard InChI is InChI=1S/C29H20F6N6OS/c1-2-24-37-15-38-25(41-24)21-8-5-11-36-26(21)42-23-10-9-22(19-6-3-4-7-20(19)23)40-27(43)39-18-13-16(28(30,31)32)12-17(14-18)29(33,34)35/h3-15H,2H2,1H3,(H2,39,40,43). The van der Waals surface area contributed by atoms with Gasteiger partial charge in [0.25, 0.3) is 0 Å². The fourth-order valence-corrected chi connectivity index (χ4v) is 4.39. The molecule has 0 fully saturated rings. The second-order valence-corrected chi connectivity index (χ2v) is 9.48. The second kappa shape index (κ2) is 11.8. The topological polar surface area (TPSA) is 84.9 Å². The van der Waals surface area contributed by atoms with Crippen molar-refractivity contribution in [2.75, 3.05) is 10.6 Å². The van der Waals surface area contributed by atoms with Crippen LogP contribution in [0.1, 0.15) is 23.9 Å². The molecule has 5 aromatic rings. The van der Waals surface area contributed by atoms with Crippen LogP contribution in [0.4, 0.5) is 37.7 Å². The van der Waals surface area contributed by atoms with E-state index in [0.717, 1.165) is 0 Å². The molecule has 7 nitrogen and oxygen atoms in total. The number of hydrogen-bond donors (Lipinski definition) is 2. The van der Waals surface area contributed by atoms with E-state index in [2.05, 4.69) is 30.6 Å². The smallest absolute Gasteiger partial charge is 0.416 e. The van der Waals surface area contributed by atoms with Gasteiger partial charge in [-0.1, -0.05) is 31.2 Å². The van der Waals surface area contributed by atoms with E-state index in [9.17, 15) is 26.3 Å². The summed E-state index contributed by atoms with van der Waals surface area (Å²) in [6, 6.07) is 14.9. The maximum absolute atomic E-state index is 13.3. The van der Waals surface area contributed by atoms with Crippen molar-refractivity contribution < 1.29 is 31.1 Å². The minimum Gasteiger partial charge on any atom is -0.438 e. The van der Waals surface area contributed by atoms with Crippen LogP contribution in [0.3, 0.4) is 0 Å². The molecule has 0 amide bonds. The zero-order valence-corrected chi connectivity index (χ0v) is 22.9. The van der Waals surface area contributed by atoms with E-state index < -0.39 is 29.2 Å². The predicted octanol–water partition coefficient (Wildman–Crippen LogP) is 8.29. The predicted molar refractivity (Wildman–Crippen MR) is 153 cm³/mol. The molecule has 2 heterocycles. The van der Waals surface area contributed by atoms with Crippen LogP contribution < -0.4 is 15.4 Å². The zero-order valence-electron chi connectivity index (χ0n) is 22.1. The summed E-state index contributed by atoms with van der Waals surface area (Å²) in [6.07, 6.45) is -6.41. The number of thiocarbonyl (C=S) groups is 1. The number of benzene rings is 3. The summed E-state index contributed by atoms with van der Waals surface area (Å²) in [5, 5.41) is 6.28. The van der Waals surface area contributed by atoms with Crippen LogP contribution in [0.25, 0.3) is 22.2 Å². The van der Waals surface area contributed by atoms with Crippen molar-refractivity contribution in [2.24, 2.45) is 0 Å². The Bertz CT molecular complexity index is 1780. The van der Waals surface area contributed by atoms with E-state index in [1.54, 1.807) is 54.7 Å². The Morgan fingerprint density at radius 1 is 0.814 bits per heavy atom. The van der Waals surface area contributed by atoms with Crippen molar-refractivity contribution in [1.82, 2.24) is 19.9 Å². The number of alkyl halides is 6. The van der Waals surface area contributed by atoms with Gasteiger partial charge >= 0.3 is 12.4 Å². The van der Waals surface area contributed by atoms with Gasteiger partial charge in [0.05, 0.1) is 16.7 Å². The lowest BCUT2D eigenvalue weighted by atomic mass is 10.1. The Hall–Kier alpha value is -4.85. The molecular weight excluding hydrogens is 594 g/mol. The first-order chi connectivity index (χ1) is 20.4. The number of hydrogen-bond acceptors (Lipinski definition) is 6. The fourth-order valence-electron chi connectivity index (χ4n) is 4.16. The number of nitrogens with zero attached hydrogens (tertiary/aromatic N) is 4. The summed E-state index contributed by atoms with van der Waals surface area (Å²) in [7, 11) is 0. The monoisotopic (exact) mass is 614 g/mol. The highest BCUT2D eigenvalue weighted by molar-refractivity contribution is 7.80. The minimum atomic E-state index is -4.99. The molecule has 0 aliphatic heterocycles. The van der Waals surface area contributed by atoms with E-state index in [4.69, 9.17) is 17.0 Å². The Balaban J connectivity index is 1.43. The highest BCUT2D eigenvalue weighted by Gasteiger charge is 2.37. The fraction of sp³-hybridized carbons (Fsp3) is 0.138. The third kappa shape index (κ3) is 6.80. The van der Waals surface area contributed by atoms with E-state index in [-0.39, 0.29) is 17.1 Å². The molecule has 2 aromatic heterocycles. The van der Waals surface area contributed by atoms with Crippen LogP contribution in [0, 0.1) is 0 Å². The van der Waals surface area contributed by atoms with Crippen molar-refractivity contribution in [3.63, 3.8) is 0 Å². The molecule has 220 valence electrons. The van der Waals surface area contributed by atoms with Gasteiger partial charge in [-0.2, -0.15) is 26.3 Å². The van der Waals surface area contributed by atoms with Gasteiger partial charge in [0, 0.05) is 34.8 Å². The van der Waals surface area contributed by atoms with E-state index in [1.807, 2.05) is 6.92 Å². The van der Waals surface area contributed by atoms with Crippen LogP contribution in [0.15, 0.2) is 79.3 Å².